The van der Waals surface area contributed by atoms with Crippen LogP contribution in [0.2, 0.25) is 0 Å². The van der Waals surface area contributed by atoms with E-state index in [4.69, 9.17) is 12.2 Å². The van der Waals surface area contributed by atoms with E-state index in [-0.39, 0.29) is 0 Å². The monoisotopic (exact) mass is 252 g/mol. The molecule has 0 unspecified atom stereocenters. The van der Waals surface area contributed by atoms with Crippen LogP contribution in [0.25, 0.3) is 0 Å². The van der Waals surface area contributed by atoms with Crippen molar-refractivity contribution in [1.29, 1.82) is 0 Å². The number of H-pyrrole nitrogens is 1. The van der Waals surface area contributed by atoms with E-state index in [0.29, 0.717) is 3.95 Å². The summed E-state index contributed by atoms with van der Waals surface area (Å²) in [6.45, 7) is 0.917. The zero-order chi connectivity index (χ0) is 11.4. The third-order valence-electron chi connectivity index (χ3n) is 2.24. The van der Waals surface area contributed by atoms with Gasteiger partial charge in [-0.2, -0.15) is 0 Å². The summed E-state index contributed by atoms with van der Waals surface area (Å²) in [7, 11) is 2.02. The first-order chi connectivity index (χ1) is 7.75. The molecular weight excluding hydrogens is 240 g/mol. The summed E-state index contributed by atoms with van der Waals surface area (Å²) in [6.07, 6.45) is 4.60. The number of aromatic nitrogens is 3. The Morgan fingerprint density at radius 3 is 2.81 bits per heavy atom. The van der Waals surface area contributed by atoms with Gasteiger partial charge in [0.1, 0.15) is 0 Å². The highest BCUT2D eigenvalue weighted by Crippen LogP contribution is 2.15. The predicted molar refractivity (Wildman–Crippen MR) is 68.5 cm³/mol. The standard InChI is InChI=1S/C10H12N4S2/c1-14(9-12-13-10(15)16-9)7-4-8-2-5-11-6-3-8/h2-3,5-6H,4,7H2,1H3,(H,13,15). The van der Waals surface area contributed by atoms with Crippen molar-refractivity contribution in [2.45, 2.75) is 6.42 Å². The first-order valence-corrected chi connectivity index (χ1v) is 6.14. The van der Waals surface area contributed by atoms with Gasteiger partial charge in [-0.15, -0.1) is 5.10 Å². The molecule has 6 heteroatoms. The van der Waals surface area contributed by atoms with E-state index in [9.17, 15) is 0 Å². The smallest absolute Gasteiger partial charge is 0.206 e. The minimum absolute atomic E-state index is 0.714. The van der Waals surface area contributed by atoms with Crippen LogP contribution < -0.4 is 4.90 Å². The Bertz CT molecular complexity index is 491. The Hall–Kier alpha value is -1.27. The maximum absolute atomic E-state index is 5.00. The number of aromatic amines is 1. The predicted octanol–water partition coefficient (Wildman–Crippen LogP) is 2.27. The average Bonchev–Trinajstić information content (AvgIpc) is 2.74. The first kappa shape index (κ1) is 11.2. The van der Waals surface area contributed by atoms with Crippen LogP contribution in [-0.2, 0) is 6.42 Å². The van der Waals surface area contributed by atoms with E-state index in [2.05, 4.69) is 20.1 Å². The number of likely N-dealkylation sites (N-methyl/N-ethyl adjacent to an activating group) is 1. The molecule has 0 aliphatic heterocycles. The SMILES string of the molecule is CN(CCc1ccncc1)c1n[nH]c(=S)s1. The first-order valence-electron chi connectivity index (χ1n) is 4.91. The minimum Gasteiger partial charge on any atom is -0.349 e. The van der Waals surface area contributed by atoms with Gasteiger partial charge in [-0.05, 0) is 36.3 Å². The van der Waals surface area contributed by atoms with E-state index in [1.165, 1.54) is 16.9 Å². The van der Waals surface area contributed by atoms with Crippen molar-refractivity contribution < 1.29 is 0 Å². The molecule has 4 nitrogen and oxygen atoms in total. The molecule has 0 saturated carbocycles. The summed E-state index contributed by atoms with van der Waals surface area (Å²) >= 11 is 6.49. The molecule has 0 aromatic carbocycles. The zero-order valence-electron chi connectivity index (χ0n) is 8.88. The second kappa shape index (κ2) is 5.18. The van der Waals surface area contributed by atoms with Crippen LogP contribution in [0.3, 0.4) is 0 Å². The molecule has 2 rings (SSSR count). The van der Waals surface area contributed by atoms with Gasteiger partial charge in [-0.3, -0.25) is 10.1 Å². The second-order valence-electron chi connectivity index (χ2n) is 3.42. The molecule has 2 aromatic rings. The summed E-state index contributed by atoms with van der Waals surface area (Å²) in [4.78, 5) is 6.09. The number of anilines is 1. The lowest BCUT2D eigenvalue weighted by atomic mass is 10.2. The second-order valence-corrected chi connectivity index (χ2v) is 5.07. The van der Waals surface area contributed by atoms with E-state index < -0.39 is 0 Å². The maximum Gasteiger partial charge on any atom is 0.206 e. The van der Waals surface area contributed by atoms with Crippen molar-refractivity contribution in [2.75, 3.05) is 18.5 Å². The largest absolute Gasteiger partial charge is 0.349 e. The Morgan fingerprint density at radius 1 is 1.44 bits per heavy atom. The normalized spacial score (nSPS) is 10.3. The Morgan fingerprint density at radius 2 is 2.19 bits per heavy atom. The van der Waals surface area contributed by atoms with Gasteiger partial charge in [-0.1, -0.05) is 11.3 Å². The molecule has 1 N–H and O–H groups in total. The van der Waals surface area contributed by atoms with Crippen LogP contribution in [0.1, 0.15) is 5.56 Å². The summed E-state index contributed by atoms with van der Waals surface area (Å²) in [5, 5.41) is 7.84. The molecule has 0 aliphatic rings. The summed E-state index contributed by atoms with van der Waals surface area (Å²) in [5.41, 5.74) is 1.28. The third kappa shape index (κ3) is 2.86. The lowest BCUT2D eigenvalue weighted by Gasteiger charge is -2.14. The molecule has 0 aliphatic carbocycles. The summed E-state index contributed by atoms with van der Waals surface area (Å²) in [6, 6.07) is 4.06. The Balaban J connectivity index is 1.94. The average molecular weight is 252 g/mol. The summed E-state index contributed by atoms with van der Waals surface area (Å²) < 4.78 is 0.714. The molecule has 2 aromatic heterocycles. The molecular formula is C10H12N4S2. The van der Waals surface area contributed by atoms with Crippen LogP contribution in [0.4, 0.5) is 5.13 Å². The maximum atomic E-state index is 5.00. The van der Waals surface area contributed by atoms with E-state index in [1.807, 2.05) is 31.6 Å². The van der Waals surface area contributed by atoms with Gasteiger partial charge in [0.2, 0.25) is 5.13 Å². The van der Waals surface area contributed by atoms with Gasteiger partial charge < -0.3 is 4.90 Å². The lowest BCUT2D eigenvalue weighted by molar-refractivity contribution is 0.857. The molecule has 0 amide bonds. The van der Waals surface area contributed by atoms with Crippen molar-refractivity contribution in [3.8, 4) is 0 Å². The number of nitrogens with one attached hydrogen (secondary N) is 1. The zero-order valence-corrected chi connectivity index (χ0v) is 10.5. The van der Waals surface area contributed by atoms with Crippen molar-refractivity contribution in [1.82, 2.24) is 15.2 Å². The fourth-order valence-corrected chi connectivity index (χ4v) is 2.19. The molecule has 0 saturated heterocycles. The highest BCUT2D eigenvalue weighted by atomic mass is 32.1. The molecule has 0 atom stereocenters. The van der Waals surface area contributed by atoms with Gasteiger partial charge in [0.25, 0.3) is 0 Å². The molecule has 0 radical (unpaired) electrons. The van der Waals surface area contributed by atoms with Crippen molar-refractivity contribution in [2.24, 2.45) is 0 Å². The Kier molecular flexibility index (Phi) is 3.63. The Labute approximate surface area is 103 Å². The lowest BCUT2D eigenvalue weighted by Crippen LogP contribution is -2.20. The van der Waals surface area contributed by atoms with E-state index in [1.54, 1.807) is 0 Å². The topological polar surface area (TPSA) is 44.8 Å². The highest BCUT2D eigenvalue weighted by molar-refractivity contribution is 7.73. The van der Waals surface area contributed by atoms with Gasteiger partial charge in [0.05, 0.1) is 0 Å². The highest BCUT2D eigenvalue weighted by Gasteiger charge is 2.04. The van der Waals surface area contributed by atoms with Crippen LogP contribution in [-0.4, -0.2) is 28.8 Å². The van der Waals surface area contributed by atoms with Gasteiger partial charge >= 0.3 is 0 Å². The minimum atomic E-state index is 0.714. The van der Waals surface area contributed by atoms with Crippen molar-refractivity contribution in [3.05, 3.63) is 34.0 Å². The van der Waals surface area contributed by atoms with Gasteiger partial charge in [0.15, 0.2) is 3.95 Å². The molecule has 2 heterocycles. The molecule has 0 spiro atoms. The molecule has 84 valence electrons. The number of nitrogens with zero attached hydrogens (tertiary/aromatic N) is 3. The quantitative estimate of drug-likeness (QED) is 0.848. The van der Waals surface area contributed by atoms with Crippen LogP contribution in [0, 0.1) is 3.95 Å². The number of hydrogen-bond acceptors (Lipinski definition) is 5. The van der Waals surface area contributed by atoms with E-state index in [0.717, 1.165) is 18.1 Å². The molecule has 0 fully saturated rings. The molecule has 0 bridgehead atoms. The third-order valence-corrected chi connectivity index (χ3v) is 3.44. The fourth-order valence-electron chi connectivity index (χ4n) is 1.33. The van der Waals surface area contributed by atoms with Gasteiger partial charge in [0, 0.05) is 26.0 Å². The van der Waals surface area contributed by atoms with Crippen LogP contribution >= 0.6 is 23.6 Å². The van der Waals surface area contributed by atoms with Crippen LogP contribution in [0.5, 0.6) is 0 Å². The number of rotatable bonds is 4. The molecule has 16 heavy (non-hydrogen) atoms. The van der Waals surface area contributed by atoms with Crippen LogP contribution in [0.15, 0.2) is 24.5 Å². The van der Waals surface area contributed by atoms with Gasteiger partial charge in [-0.25, -0.2) is 0 Å². The van der Waals surface area contributed by atoms with Crippen molar-refractivity contribution in [3.63, 3.8) is 0 Å². The van der Waals surface area contributed by atoms with Crippen molar-refractivity contribution >= 4 is 28.7 Å². The van der Waals surface area contributed by atoms with E-state index >= 15 is 0 Å². The number of pyridine rings is 1. The fraction of sp³-hybridized carbons (Fsp3) is 0.300. The number of hydrogen-bond donors (Lipinski definition) is 1. The summed E-state index contributed by atoms with van der Waals surface area (Å²) in [5.74, 6) is 0.